The molecule has 1 atom stereocenters. The smallest absolute Gasteiger partial charge is 0.326 e. The Balaban J connectivity index is 3.21. The van der Waals surface area contributed by atoms with Crippen LogP contribution in [-0.4, -0.2) is 62.3 Å². The van der Waals surface area contributed by atoms with Gasteiger partial charge in [0.1, 0.15) is 45.3 Å². The zero-order chi connectivity index (χ0) is 16.3. The highest BCUT2D eigenvalue weighted by molar-refractivity contribution is 6.67. The summed E-state index contributed by atoms with van der Waals surface area (Å²) in [5, 5.41) is 11.5. The Morgan fingerprint density at radius 1 is 1.00 bits per heavy atom. The summed E-state index contributed by atoms with van der Waals surface area (Å²) >= 11 is 0. The molecule has 4 nitrogen and oxygen atoms in total. The average Bonchev–Trinajstić information content (AvgIpc) is 2.45. The number of amides is 1. The highest BCUT2D eigenvalue weighted by atomic mass is 16.4. The number of carbonyl (C=O) groups excluding carboxylic acids is 1. The minimum absolute atomic E-state index is 0.0441. The molecule has 0 aliphatic heterocycles. The van der Waals surface area contributed by atoms with Crippen molar-refractivity contribution in [3.63, 3.8) is 0 Å². The molecule has 1 amide bonds. The van der Waals surface area contributed by atoms with Gasteiger partial charge >= 0.3 is 5.97 Å². The zero-order valence-electron chi connectivity index (χ0n) is 11.6. The van der Waals surface area contributed by atoms with Crippen LogP contribution in [0.3, 0.4) is 0 Å². The van der Waals surface area contributed by atoms with E-state index in [1.54, 1.807) is 6.92 Å². The van der Waals surface area contributed by atoms with Crippen molar-refractivity contribution >= 4 is 78.4 Å². The first-order valence-electron chi connectivity index (χ1n) is 6.23. The molecule has 0 saturated carbocycles. The van der Waals surface area contributed by atoms with Gasteiger partial charge in [0.05, 0.1) is 0 Å². The van der Waals surface area contributed by atoms with Crippen LogP contribution in [0.15, 0.2) is 0 Å². The Labute approximate surface area is 130 Å². The summed E-state index contributed by atoms with van der Waals surface area (Å²) in [5.74, 6) is -1.62. The summed E-state index contributed by atoms with van der Waals surface area (Å²) in [7, 11) is 28.7. The third-order valence-electron chi connectivity index (χ3n) is 3.17. The van der Waals surface area contributed by atoms with Gasteiger partial charge in [-0.3, -0.25) is 4.79 Å². The van der Waals surface area contributed by atoms with Gasteiger partial charge in [0.2, 0.25) is 5.91 Å². The summed E-state index contributed by atoms with van der Waals surface area (Å²) in [4.78, 5) is 22.6. The van der Waals surface area contributed by atoms with Crippen molar-refractivity contribution < 1.29 is 14.7 Å². The van der Waals surface area contributed by atoms with Gasteiger partial charge in [0.15, 0.2) is 0 Å². The summed E-state index contributed by atoms with van der Waals surface area (Å²) in [6, 6.07) is -1.19. The summed E-state index contributed by atoms with van der Waals surface area (Å²) in [6.07, 6.45) is 0.00811. The average molecular weight is 270 g/mol. The topological polar surface area (TPSA) is 66.4 Å². The molecule has 0 aliphatic rings. The highest BCUT2D eigenvalue weighted by Gasteiger charge is 2.22. The minimum Gasteiger partial charge on any atom is -0.480 e. The second kappa shape index (κ2) is 6.96. The standard InChI is InChI=1S/C12H10B5NO3/c1-2-6(19)18-5(12(20)21)3-4-7(13)9(15)11(17)10(16)8(4)14/h5H,2-3H2,1H3,(H,18,19)(H,20,21). The van der Waals surface area contributed by atoms with Crippen molar-refractivity contribution in [3.05, 3.63) is 5.56 Å². The molecular weight excluding hydrogens is 260 g/mol. The second-order valence-corrected chi connectivity index (χ2v) is 4.56. The maximum Gasteiger partial charge on any atom is 0.326 e. The van der Waals surface area contributed by atoms with Gasteiger partial charge in [-0.15, -0.1) is 27.3 Å². The number of carboxylic acids is 1. The normalized spacial score (nSPS) is 11.9. The molecule has 0 aromatic heterocycles. The van der Waals surface area contributed by atoms with Gasteiger partial charge in [0.25, 0.3) is 0 Å². The largest absolute Gasteiger partial charge is 0.480 e. The van der Waals surface area contributed by atoms with E-state index in [9.17, 15) is 14.7 Å². The molecule has 1 aromatic carbocycles. The van der Waals surface area contributed by atoms with Gasteiger partial charge < -0.3 is 10.4 Å². The van der Waals surface area contributed by atoms with Crippen molar-refractivity contribution in [2.24, 2.45) is 0 Å². The van der Waals surface area contributed by atoms with Crippen LogP contribution in [0.2, 0.25) is 0 Å². The van der Waals surface area contributed by atoms with Crippen molar-refractivity contribution in [1.29, 1.82) is 0 Å². The van der Waals surface area contributed by atoms with E-state index in [4.69, 9.17) is 39.2 Å². The zero-order valence-corrected chi connectivity index (χ0v) is 11.6. The Hall–Kier alpha value is -1.52. The van der Waals surface area contributed by atoms with Crippen molar-refractivity contribution in [2.45, 2.75) is 25.8 Å². The molecule has 21 heavy (non-hydrogen) atoms. The number of carboxylic acid groups (broad SMARTS) is 1. The number of nitrogens with one attached hydrogen (secondary N) is 1. The number of hydrogen-bond donors (Lipinski definition) is 2. The van der Waals surface area contributed by atoms with E-state index in [1.165, 1.54) is 0 Å². The fourth-order valence-corrected chi connectivity index (χ4v) is 1.83. The molecule has 0 saturated heterocycles. The molecule has 96 valence electrons. The number of benzene rings is 1. The van der Waals surface area contributed by atoms with Crippen LogP contribution in [0.25, 0.3) is 0 Å². The first-order valence-corrected chi connectivity index (χ1v) is 6.23. The van der Waals surface area contributed by atoms with Crippen LogP contribution < -0.4 is 32.6 Å². The lowest BCUT2D eigenvalue weighted by atomic mass is 9.60. The third kappa shape index (κ3) is 3.77. The number of rotatable bonds is 5. The quantitative estimate of drug-likeness (QED) is 0.528. The van der Waals surface area contributed by atoms with Crippen molar-refractivity contribution in [3.8, 4) is 0 Å². The third-order valence-corrected chi connectivity index (χ3v) is 3.17. The Morgan fingerprint density at radius 2 is 1.43 bits per heavy atom. The lowest BCUT2D eigenvalue weighted by Crippen LogP contribution is -2.57. The molecule has 0 bridgehead atoms. The van der Waals surface area contributed by atoms with E-state index in [1.807, 2.05) is 0 Å². The van der Waals surface area contributed by atoms with Gasteiger partial charge in [-0.25, -0.2) is 4.79 Å². The predicted octanol–water partition coefficient (Wildman–Crippen LogP) is -4.82. The maximum absolute atomic E-state index is 11.4. The molecule has 2 N–H and O–H groups in total. The van der Waals surface area contributed by atoms with Crippen LogP contribution in [0, 0.1) is 0 Å². The summed E-state index contributed by atoms with van der Waals surface area (Å²) in [6.45, 7) is 1.61. The van der Waals surface area contributed by atoms with E-state index in [-0.39, 0.29) is 45.7 Å². The number of carbonyl (C=O) groups is 2. The minimum atomic E-state index is -1.22. The summed E-state index contributed by atoms with van der Waals surface area (Å²) in [5.41, 5.74) is 0.527. The molecular formula is C12H10B5NO3. The molecule has 0 aliphatic carbocycles. The first kappa shape index (κ1) is 17.5. The molecule has 9 heteroatoms. The number of hydrogen-bond acceptors (Lipinski definition) is 2. The molecule has 1 unspecified atom stereocenters. The highest BCUT2D eigenvalue weighted by Crippen LogP contribution is 1.97. The van der Waals surface area contributed by atoms with Gasteiger partial charge in [0, 0.05) is 12.8 Å². The van der Waals surface area contributed by atoms with Gasteiger partial charge in [-0.1, -0.05) is 12.5 Å². The monoisotopic (exact) mass is 271 g/mol. The van der Waals surface area contributed by atoms with Crippen LogP contribution in [-0.2, 0) is 16.0 Å². The Bertz CT molecular complexity index is 562. The molecule has 1 rings (SSSR count). The second-order valence-electron chi connectivity index (χ2n) is 4.56. The van der Waals surface area contributed by atoms with Crippen molar-refractivity contribution in [2.75, 3.05) is 0 Å². The maximum atomic E-state index is 11.4. The van der Waals surface area contributed by atoms with Crippen LogP contribution in [0.4, 0.5) is 0 Å². The van der Waals surface area contributed by atoms with E-state index >= 15 is 0 Å². The van der Waals surface area contributed by atoms with Crippen molar-refractivity contribution in [1.82, 2.24) is 5.32 Å². The molecule has 1 aromatic rings. The van der Waals surface area contributed by atoms with E-state index < -0.39 is 17.9 Å². The fourth-order valence-electron chi connectivity index (χ4n) is 1.83. The lowest BCUT2D eigenvalue weighted by molar-refractivity contribution is -0.141. The first-order chi connectivity index (χ1) is 9.70. The van der Waals surface area contributed by atoms with E-state index in [2.05, 4.69) is 5.32 Å². The van der Waals surface area contributed by atoms with Gasteiger partial charge in [-0.05, 0) is 0 Å². The fraction of sp³-hybridized carbons (Fsp3) is 0.333. The van der Waals surface area contributed by atoms with E-state index in [0.717, 1.165) is 0 Å². The molecule has 0 heterocycles. The SMILES string of the molecule is [B]c1c([B])c([B])c(CC(NC(=O)CC)C(=O)O)c([B])c1[B]. The summed E-state index contributed by atoms with van der Waals surface area (Å²) < 4.78 is 0. The Morgan fingerprint density at radius 3 is 1.81 bits per heavy atom. The van der Waals surface area contributed by atoms with Gasteiger partial charge in [-0.2, -0.15) is 0 Å². The van der Waals surface area contributed by atoms with E-state index in [0.29, 0.717) is 0 Å². The van der Waals surface area contributed by atoms with Crippen LogP contribution >= 0.6 is 0 Å². The van der Waals surface area contributed by atoms with Crippen LogP contribution in [0.5, 0.6) is 0 Å². The lowest BCUT2D eigenvalue weighted by Gasteiger charge is -2.23. The van der Waals surface area contributed by atoms with Crippen LogP contribution in [0.1, 0.15) is 18.9 Å². The molecule has 10 radical (unpaired) electrons. The number of aliphatic carboxylic acids is 1. The Kier molecular flexibility index (Phi) is 5.82. The molecule has 0 fully saturated rings. The predicted molar refractivity (Wildman–Crippen MR) is 86.9 cm³/mol. The molecule has 0 spiro atoms.